The minimum atomic E-state index is -1.12. The fraction of sp³-hybridized carbons (Fsp3) is 0.409. The van der Waals surface area contributed by atoms with Gasteiger partial charge in [-0.3, -0.25) is 4.90 Å². The summed E-state index contributed by atoms with van der Waals surface area (Å²) in [6, 6.07) is 17.8. The number of piperidine rings is 1. The molecule has 0 aliphatic carbocycles. The van der Waals surface area contributed by atoms with Crippen molar-refractivity contribution in [3.8, 4) is 6.07 Å². The van der Waals surface area contributed by atoms with Crippen molar-refractivity contribution in [2.24, 2.45) is 0 Å². The van der Waals surface area contributed by atoms with E-state index < -0.39 is 11.4 Å². The van der Waals surface area contributed by atoms with Gasteiger partial charge in [-0.2, -0.15) is 5.26 Å². The Morgan fingerprint density at radius 2 is 1.77 bits per heavy atom. The second-order valence-corrected chi connectivity index (χ2v) is 7.63. The van der Waals surface area contributed by atoms with E-state index in [1.54, 1.807) is 12.1 Å². The van der Waals surface area contributed by atoms with E-state index in [0.29, 0.717) is 24.0 Å². The van der Waals surface area contributed by atoms with Gasteiger partial charge in [-0.25, -0.2) is 4.39 Å². The second-order valence-electron chi connectivity index (χ2n) is 7.63. The van der Waals surface area contributed by atoms with Gasteiger partial charge in [-0.05, 0) is 42.9 Å². The minimum absolute atomic E-state index is 0.186. The Bertz CT molecular complexity index is 816. The normalized spacial score (nSPS) is 28.0. The molecule has 0 amide bonds. The molecule has 2 atom stereocenters. The maximum atomic E-state index is 14.6. The molecule has 26 heavy (non-hydrogen) atoms. The Labute approximate surface area is 153 Å². The topological polar surface area (TPSA) is 47.3 Å². The molecule has 2 saturated heterocycles. The van der Waals surface area contributed by atoms with E-state index >= 15 is 0 Å². The lowest BCUT2D eigenvalue weighted by molar-refractivity contribution is -0.0615. The molecular weight excluding hydrogens is 327 g/mol. The predicted octanol–water partition coefficient (Wildman–Crippen LogP) is 3.91. The van der Waals surface area contributed by atoms with Gasteiger partial charge < -0.3 is 5.11 Å². The van der Waals surface area contributed by atoms with E-state index in [1.807, 2.05) is 12.1 Å². The Morgan fingerprint density at radius 1 is 1.08 bits per heavy atom. The molecule has 2 bridgehead atoms. The Morgan fingerprint density at radius 3 is 2.38 bits per heavy atom. The molecule has 134 valence electrons. The van der Waals surface area contributed by atoms with E-state index in [1.165, 1.54) is 11.6 Å². The number of hydrogen-bond acceptors (Lipinski definition) is 3. The van der Waals surface area contributed by atoms with Gasteiger partial charge in [-0.1, -0.05) is 42.5 Å². The molecule has 2 aromatic carbocycles. The van der Waals surface area contributed by atoms with Crippen LogP contribution in [0.15, 0.2) is 48.5 Å². The second kappa shape index (κ2) is 6.83. The van der Waals surface area contributed by atoms with Crippen LogP contribution in [0.4, 0.5) is 4.39 Å². The zero-order valence-electron chi connectivity index (χ0n) is 14.7. The highest BCUT2D eigenvalue weighted by Gasteiger charge is 2.48. The summed E-state index contributed by atoms with van der Waals surface area (Å²) in [6.45, 7) is 0.885. The first kappa shape index (κ1) is 17.2. The molecule has 4 rings (SSSR count). The zero-order valence-corrected chi connectivity index (χ0v) is 14.7. The van der Waals surface area contributed by atoms with Crippen LogP contribution < -0.4 is 0 Å². The fourth-order valence-corrected chi connectivity index (χ4v) is 4.73. The number of nitrogens with zero attached hydrogens (tertiary/aromatic N) is 2. The van der Waals surface area contributed by atoms with Crippen molar-refractivity contribution in [3.05, 3.63) is 71.0 Å². The number of rotatable bonds is 4. The van der Waals surface area contributed by atoms with Crippen molar-refractivity contribution in [2.75, 3.05) is 0 Å². The monoisotopic (exact) mass is 350 g/mol. The number of hydrogen-bond donors (Lipinski definition) is 1. The van der Waals surface area contributed by atoms with Crippen LogP contribution in [0.5, 0.6) is 0 Å². The molecule has 1 N–H and O–H groups in total. The summed E-state index contributed by atoms with van der Waals surface area (Å²) in [4.78, 5) is 2.48. The van der Waals surface area contributed by atoms with E-state index in [-0.39, 0.29) is 18.5 Å². The van der Waals surface area contributed by atoms with E-state index in [9.17, 15) is 9.50 Å². The van der Waals surface area contributed by atoms with Crippen LogP contribution in [0.1, 0.15) is 42.4 Å². The quantitative estimate of drug-likeness (QED) is 0.909. The Balaban J connectivity index is 1.55. The SMILES string of the molecule is N#CCc1ccc(C2(O)CC3CCC(C2)N3Cc2ccccc2)c(F)c1. The Hall–Kier alpha value is -2.22. The van der Waals surface area contributed by atoms with Crippen LogP contribution in [0.3, 0.4) is 0 Å². The van der Waals surface area contributed by atoms with E-state index in [4.69, 9.17) is 5.26 Å². The van der Waals surface area contributed by atoms with Crippen molar-refractivity contribution in [3.63, 3.8) is 0 Å². The first-order chi connectivity index (χ1) is 12.6. The van der Waals surface area contributed by atoms with E-state index in [0.717, 1.165) is 19.4 Å². The summed E-state index contributed by atoms with van der Waals surface area (Å²) in [7, 11) is 0. The standard InChI is InChI=1S/C22H23FN2O/c23-21-12-16(10-11-24)6-9-20(21)22(26)13-18-7-8-19(14-22)25(18)15-17-4-2-1-3-5-17/h1-6,9,12,18-19,26H,7-8,10,13-15H2. The van der Waals surface area contributed by atoms with Crippen LogP contribution >= 0.6 is 0 Å². The summed E-state index contributed by atoms with van der Waals surface area (Å²) in [6.07, 6.45) is 3.41. The summed E-state index contributed by atoms with van der Waals surface area (Å²) < 4.78 is 14.6. The maximum absolute atomic E-state index is 14.6. The van der Waals surface area contributed by atoms with Gasteiger partial charge in [0.2, 0.25) is 0 Å². The lowest BCUT2D eigenvalue weighted by Gasteiger charge is -2.44. The molecule has 2 aliphatic rings. The lowest BCUT2D eigenvalue weighted by atomic mass is 9.79. The van der Waals surface area contributed by atoms with Crippen LogP contribution in [-0.2, 0) is 18.6 Å². The van der Waals surface area contributed by atoms with Crippen LogP contribution in [0.25, 0.3) is 0 Å². The first-order valence-electron chi connectivity index (χ1n) is 9.27. The highest BCUT2D eigenvalue weighted by atomic mass is 19.1. The molecule has 4 heteroatoms. The third kappa shape index (κ3) is 3.13. The third-order valence-electron chi connectivity index (χ3n) is 5.94. The Kier molecular flexibility index (Phi) is 4.52. The summed E-state index contributed by atoms with van der Waals surface area (Å²) in [5, 5.41) is 20.1. The number of benzene rings is 2. The molecule has 2 unspecified atom stereocenters. The zero-order chi connectivity index (χ0) is 18.1. The molecule has 2 aliphatic heterocycles. The lowest BCUT2D eigenvalue weighted by Crippen LogP contribution is -2.49. The van der Waals surface area contributed by atoms with E-state index in [2.05, 4.69) is 29.2 Å². The van der Waals surface area contributed by atoms with Crippen molar-refractivity contribution in [2.45, 2.75) is 56.3 Å². The van der Waals surface area contributed by atoms with Crippen molar-refractivity contribution >= 4 is 0 Å². The molecule has 0 spiro atoms. The minimum Gasteiger partial charge on any atom is -0.385 e. The molecule has 3 nitrogen and oxygen atoms in total. The van der Waals surface area contributed by atoms with Gasteiger partial charge in [0, 0.05) is 24.2 Å². The van der Waals surface area contributed by atoms with Crippen LogP contribution in [0.2, 0.25) is 0 Å². The summed E-state index contributed by atoms with van der Waals surface area (Å²) in [5.41, 5.74) is 1.20. The van der Waals surface area contributed by atoms with Gasteiger partial charge in [0.1, 0.15) is 5.82 Å². The molecule has 0 aromatic heterocycles. The highest BCUT2D eigenvalue weighted by molar-refractivity contribution is 5.32. The predicted molar refractivity (Wildman–Crippen MR) is 97.6 cm³/mol. The van der Waals surface area contributed by atoms with Crippen molar-refractivity contribution in [1.82, 2.24) is 4.90 Å². The maximum Gasteiger partial charge on any atom is 0.129 e. The third-order valence-corrected chi connectivity index (χ3v) is 5.94. The van der Waals surface area contributed by atoms with Crippen LogP contribution in [-0.4, -0.2) is 22.1 Å². The molecule has 0 radical (unpaired) electrons. The average molecular weight is 350 g/mol. The molecule has 0 saturated carbocycles. The van der Waals surface area contributed by atoms with Gasteiger partial charge in [0.25, 0.3) is 0 Å². The van der Waals surface area contributed by atoms with Crippen molar-refractivity contribution in [1.29, 1.82) is 5.26 Å². The number of fused-ring (bicyclic) bond motifs is 2. The largest absolute Gasteiger partial charge is 0.385 e. The van der Waals surface area contributed by atoms with Gasteiger partial charge in [0.05, 0.1) is 18.1 Å². The average Bonchev–Trinajstić information content (AvgIpc) is 2.87. The fourth-order valence-electron chi connectivity index (χ4n) is 4.73. The molecular formula is C22H23FN2O. The van der Waals surface area contributed by atoms with Gasteiger partial charge in [-0.15, -0.1) is 0 Å². The molecule has 2 fully saturated rings. The highest BCUT2D eigenvalue weighted by Crippen LogP contribution is 2.46. The number of aliphatic hydroxyl groups is 1. The van der Waals surface area contributed by atoms with Gasteiger partial charge in [0.15, 0.2) is 0 Å². The first-order valence-corrected chi connectivity index (χ1v) is 9.27. The number of halogens is 1. The summed E-state index contributed by atoms with van der Waals surface area (Å²) >= 11 is 0. The van der Waals surface area contributed by atoms with Crippen molar-refractivity contribution < 1.29 is 9.50 Å². The molecule has 2 heterocycles. The number of nitriles is 1. The van der Waals surface area contributed by atoms with Gasteiger partial charge >= 0.3 is 0 Å². The van der Waals surface area contributed by atoms with Crippen LogP contribution in [0, 0.1) is 17.1 Å². The smallest absolute Gasteiger partial charge is 0.129 e. The molecule has 2 aromatic rings. The summed E-state index contributed by atoms with van der Waals surface area (Å²) in [5.74, 6) is -0.392.